The van der Waals surface area contributed by atoms with E-state index in [0.29, 0.717) is 5.69 Å². The van der Waals surface area contributed by atoms with Crippen molar-refractivity contribution in [1.29, 1.82) is 0 Å². The molecule has 0 radical (unpaired) electrons. The van der Waals surface area contributed by atoms with Crippen LogP contribution < -0.4 is 10.6 Å². The first kappa shape index (κ1) is 9.92. The third-order valence-electron chi connectivity index (χ3n) is 2.10. The summed E-state index contributed by atoms with van der Waals surface area (Å²) in [6, 6.07) is 1.91. The molecule has 0 aliphatic rings. The Morgan fingerprint density at radius 2 is 2.33 bits per heavy atom. The summed E-state index contributed by atoms with van der Waals surface area (Å²) in [4.78, 5) is 10.3. The standard InChI is InChI=1S/C10H12N4S/c1-14(7-10-13-4-5-15-10)9-2-3-12-6-8(9)11/h2-6H,7,11H2,1H3. The number of anilines is 2. The summed E-state index contributed by atoms with van der Waals surface area (Å²) in [5, 5.41) is 3.05. The molecule has 15 heavy (non-hydrogen) atoms. The molecule has 0 fully saturated rings. The number of nitrogen functional groups attached to an aromatic ring is 1. The molecule has 2 aromatic rings. The van der Waals surface area contributed by atoms with E-state index in [9.17, 15) is 0 Å². The SMILES string of the molecule is CN(Cc1nccs1)c1ccncc1N. The molecule has 4 nitrogen and oxygen atoms in total. The third-order valence-corrected chi connectivity index (χ3v) is 2.86. The lowest BCUT2D eigenvalue weighted by molar-refractivity contribution is 0.910. The monoisotopic (exact) mass is 220 g/mol. The lowest BCUT2D eigenvalue weighted by Gasteiger charge is -2.19. The molecular weight excluding hydrogens is 208 g/mol. The number of nitrogens with two attached hydrogens (primary N) is 1. The summed E-state index contributed by atoms with van der Waals surface area (Å²) >= 11 is 1.64. The molecule has 0 aromatic carbocycles. The quantitative estimate of drug-likeness (QED) is 0.856. The van der Waals surface area contributed by atoms with Crippen molar-refractivity contribution in [3.05, 3.63) is 35.0 Å². The predicted octanol–water partition coefficient (Wildman–Crippen LogP) is 1.76. The van der Waals surface area contributed by atoms with Gasteiger partial charge in [0, 0.05) is 24.8 Å². The van der Waals surface area contributed by atoms with E-state index in [1.165, 1.54) is 0 Å². The molecule has 0 aliphatic heterocycles. The van der Waals surface area contributed by atoms with Gasteiger partial charge in [0.2, 0.25) is 0 Å². The second kappa shape index (κ2) is 4.27. The molecule has 5 heteroatoms. The van der Waals surface area contributed by atoms with E-state index in [4.69, 9.17) is 5.73 Å². The van der Waals surface area contributed by atoms with Gasteiger partial charge in [-0.25, -0.2) is 4.98 Å². The highest BCUT2D eigenvalue weighted by Crippen LogP contribution is 2.21. The lowest BCUT2D eigenvalue weighted by atomic mass is 10.3. The average Bonchev–Trinajstić information content (AvgIpc) is 2.71. The number of pyridine rings is 1. The van der Waals surface area contributed by atoms with Crippen LogP contribution in [0, 0.1) is 0 Å². The van der Waals surface area contributed by atoms with Gasteiger partial charge >= 0.3 is 0 Å². The minimum Gasteiger partial charge on any atom is -0.396 e. The number of rotatable bonds is 3. The maximum atomic E-state index is 5.83. The van der Waals surface area contributed by atoms with E-state index in [0.717, 1.165) is 17.2 Å². The molecule has 0 atom stereocenters. The lowest BCUT2D eigenvalue weighted by Crippen LogP contribution is -2.17. The molecule has 0 saturated heterocycles. The van der Waals surface area contributed by atoms with Crippen molar-refractivity contribution < 1.29 is 0 Å². The van der Waals surface area contributed by atoms with Crippen molar-refractivity contribution in [2.24, 2.45) is 0 Å². The van der Waals surface area contributed by atoms with Crippen LogP contribution in [0.1, 0.15) is 5.01 Å². The van der Waals surface area contributed by atoms with Crippen LogP contribution in [-0.2, 0) is 6.54 Å². The van der Waals surface area contributed by atoms with E-state index in [-0.39, 0.29) is 0 Å². The number of aromatic nitrogens is 2. The van der Waals surface area contributed by atoms with E-state index in [1.807, 2.05) is 24.7 Å². The summed E-state index contributed by atoms with van der Waals surface area (Å²) in [5.74, 6) is 0. The van der Waals surface area contributed by atoms with Crippen LogP contribution >= 0.6 is 11.3 Å². The topological polar surface area (TPSA) is 55.0 Å². The smallest absolute Gasteiger partial charge is 0.112 e. The van der Waals surface area contributed by atoms with Crippen LogP contribution in [0.5, 0.6) is 0 Å². The fourth-order valence-electron chi connectivity index (χ4n) is 1.37. The van der Waals surface area contributed by atoms with Gasteiger partial charge in [-0.05, 0) is 6.07 Å². The Kier molecular flexibility index (Phi) is 2.82. The van der Waals surface area contributed by atoms with Gasteiger partial charge in [0.15, 0.2) is 0 Å². The normalized spacial score (nSPS) is 10.2. The van der Waals surface area contributed by atoms with Crippen LogP contribution in [0.3, 0.4) is 0 Å². The van der Waals surface area contributed by atoms with Crippen molar-refractivity contribution in [2.75, 3.05) is 17.7 Å². The Balaban J connectivity index is 2.15. The fourth-order valence-corrected chi connectivity index (χ4v) is 2.03. The van der Waals surface area contributed by atoms with Gasteiger partial charge in [0.05, 0.1) is 24.1 Å². The number of nitrogens with zero attached hydrogens (tertiary/aromatic N) is 3. The average molecular weight is 220 g/mol. The molecule has 2 N–H and O–H groups in total. The summed E-state index contributed by atoms with van der Waals surface area (Å²) in [6.07, 6.45) is 5.21. The van der Waals surface area contributed by atoms with Crippen LogP contribution in [0.25, 0.3) is 0 Å². The Hall–Kier alpha value is -1.62. The van der Waals surface area contributed by atoms with E-state index < -0.39 is 0 Å². The van der Waals surface area contributed by atoms with Gasteiger partial charge in [-0.3, -0.25) is 4.98 Å². The summed E-state index contributed by atoms with van der Waals surface area (Å²) < 4.78 is 0. The first-order valence-electron chi connectivity index (χ1n) is 4.56. The minimum atomic E-state index is 0.691. The number of thiazole rings is 1. The van der Waals surface area contributed by atoms with Gasteiger partial charge in [0.25, 0.3) is 0 Å². The number of hydrogen-bond donors (Lipinski definition) is 1. The van der Waals surface area contributed by atoms with E-state index in [2.05, 4.69) is 14.9 Å². The van der Waals surface area contributed by atoms with Gasteiger partial charge < -0.3 is 10.6 Å². The molecule has 0 bridgehead atoms. The Morgan fingerprint density at radius 1 is 1.47 bits per heavy atom. The minimum absolute atomic E-state index is 0.691. The molecule has 0 aliphatic carbocycles. The van der Waals surface area contributed by atoms with Gasteiger partial charge in [-0.1, -0.05) is 0 Å². The third kappa shape index (κ3) is 2.24. The predicted molar refractivity (Wildman–Crippen MR) is 62.9 cm³/mol. The maximum absolute atomic E-state index is 5.83. The second-order valence-corrected chi connectivity index (χ2v) is 4.20. The van der Waals surface area contributed by atoms with Crippen molar-refractivity contribution in [3.63, 3.8) is 0 Å². The molecular formula is C10H12N4S. The zero-order valence-corrected chi connectivity index (χ0v) is 9.24. The van der Waals surface area contributed by atoms with Crippen molar-refractivity contribution in [1.82, 2.24) is 9.97 Å². The van der Waals surface area contributed by atoms with Gasteiger partial charge in [-0.2, -0.15) is 0 Å². The molecule has 78 valence electrons. The second-order valence-electron chi connectivity index (χ2n) is 3.22. The van der Waals surface area contributed by atoms with Crippen molar-refractivity contribution in [2.45, 2.75) is 6.54 Å². The largest absolute Gasteiger partial charge is 0.396 e. The van der Waals surface area contributed by atoms with Gasteiger partial charge in [0.1, 0.15) is 5.01 Å². The fraction of sp³-hybridized carbons (Fsp3) is 0.200. The molecule has 0 saturated carbocycles. The van der Waals surface area contributed by atoms with E-state index >= 15 is 0 Å². The van der Waals surface area contributed by atoms with Crippen LogP contribution in [-0.4, -0.2) is 17.0 Å². The highest BCUT2D eigenvalue weighted by atomic mass is 32.1. The maximum Gasteiger partial charge on any atom is 0.112 e. The highest BCUT2D eigenvalue weighted by Gasteiger charge is 2.06. The van der Waals surface area contributed by atoms with Crippen LogP contribution in [0.2, 0.25) is 0 Å². The van der Waals surface area contributed by atoms with E-state index in [1.54, 1.807) is 23.7 Å². The Labute approximate surface area is 92.4 Å². The summed E-state index contributed by atoms with van der Waals surface area (Å²) in [5.41, 5.74) is 7.51. The Morgan fingerprint density at radius 3 is 3.00 bits per heavy atom. The molecule has 2 heterocycles. The molecule has 0 amide bonds. The van der Waals surface area contributed by atoms with Crippen molar-refractivity contribution >= 4 is 22.7 Å². The summed E-state index contributed by atoms with van der Waals surface area (Å²) in [7, 11) is 1.99. The first-order valence-corrected chi connectivity index (χ1v) is 5.44. The molecule has 2 rings (SSSR count). The molecule has 2 aromatic heterocycles. The van der Waals surface area contributed by atoms with Crippen molar-refractivity contribution in [3.8, 4) is 0 Å². The number of hydrogen-bond acceptors (Lipinski definition) is 5. The van der Waals surface area contributed by atoms with Gasteiger partial charge in [-0.15, -0.1) is 11.3 Å². The zero-order chi connectivity index (χ0) is 10.7. The molecule has 0 unspecified atom stereocenters. The van der Waals surface area contributed by atoms with Crippen LogP contribution in [0.4, 0.5) is 11.4 Å². The molecule has 0 spiro atoms. The first-order chi connectivity index (χ1) is 7.27. The van der Waals surface area contributed by atoms with Crippen LogP contribution in [0.15, 0.2) is 30.0 Å². The zero-order valence-electron chi connectivity index (χ0n) is 8.42. The highest BCUT2D eigenvalue weighted by molar-refractivity contribution is 7.09. The summed E-state index contributed by atoms with van der Waals surface area (Å²) in [6.45, 7) is 0.770. The Bertz CT molecular complexity index is 427.